The number of hydrogen-bond donors (Lipinski definition) is 0. The number of piperidine rings is 1. The SMILES string of the molecule is COC(=O)C1CCN(C(=O)c2cc(F)cc(Br)c2)CC1. The van der Waals surface area contributed by atoms with Crippen LogP contribution in [0.1, 0.15) is 23.2 Å². The summed E-state index contributed by atoms with van der Waals surface area (Å²) in [5.74, 6) is -1.05. The Morgan fingerprint density at radius 1 is 1.30 bits per heavy atom. The maximum Gasteiger partial charge on any atom is 0.308 e. The molecule has 1 fully saturated rings. The van der Waals surface area contributed by atoms with Crippen LogP contribution in [0.4, 0.5) is 4.39 Å². The van der Waals surface area contributed by atoms with Crippen molar-refractivity contribution >= 4 is 27.8 Å². The van der Waals surface area contributed by atoms with Crippen LogP contribution in [0.15, 0.2) is 22.7 Å². The molecule has 1 aliphatic rings. The summed E-state index contributed by atoms with van der Waals surface area (Å²) in [5.41, 5.74) is 0.313. The number of carbonyl (C=O) groups is 2. The minimum absolute atomic E-state index is 0.150. The van der Waals surface area contributed by atoms with E-state index in [1.165, 1.54) is 19.2 Å². The monoisotopic (exact) mass is 343 g/mol. The van der Waals surface area contributed by atoms with Crippen molar-refractivity contribution < 1.29 is 18.7 Å². The lowest BCUT2D eigenvalue weighted by Gasteiger charge is -2.30. The van der Waals surface area contributed by atoms with E-state index < -0.39 is 5.82 Å². The van der Waals surface area contributed by atoms with E-state index in [1.54, 1.807) is 11.0 Å². The number of benzene rings is 1. The normalized spacial score (nSPS) is 16.1. The van der Waals surface area contributed by atoms with E-state index in [9.17, 15) is 14.0 Å². The summed E-state index contributed by atoms with van der Waals surface area (Å²) >= 11 is 3.17. The molecule has 0 spiro atoms. The van der Waals surface area contributed by atoms with E-state index in [0.29, 0.717) is 36.0 Å². The standard InChI is InChI=1S/C14H15BrFNO3/c1-20-14(19)9-2-4-17(5-3-9)13(18)10-6-11(15)8-12(16)7-10/h6-9H,2-5H2,1H3. The van der Waals surface area contributed by atoms with Gasteiger partial charge in [-0.25, -0.2) is 4.39 Å². The van der Waals surface area contributed by atoms with Gasteiger partial charge in [0, 0.05) is 23.1 Å². The molecule has 1 saturated heterocycles. The van der Waals surface area contributed by atoms with Crippen molar-refractivity contribution in [3.05, 3.63) is 34.1 Å². The minimum atomic E-state index is -0.452. The van der Waals surface area contributed by atoms with Gasteiger partial charge in [0.25, 0.3) is 5.91 Å². The van der Waals surface area contributed by atoms with Gasteiger partial charge in [0.05, 0.1) is 13.0 Å². The van der Waals surface area contributed by atoms with Crippen molar-refractivity contribution in [2.45, 2.75) is 12.8 Å². The third kappa shape index (κ3) is 3.36. The van der Waals surface area contributed by atoms with Crippen LogP contribution in [-0.2, 0) is 9.53 Å². The van der Waals surface area contributed by atoms with Gasteiger partial charge in [-0.2, -0.15) is 0 Å². The van der Waals surface area contributed by atoms with Gasteiger partial charge in [0.15, 0.2) is 0 Å². The van der Waals surface area contributed by atoms with Gasteiger partial charge in [-0.15, -0.1) is 0 Å². The molecular formula is C14H15BrFNO3. The quantitative estimate of drug-likeness (QED) is 0.775. The lowest BCUT2D eigenvalue weighted by Crippen LogP contribution is -2.40. The first-order valence-electron chi connectivity index (χ1n) is 6.34. The van der Waals surface area contributed by atoms with Gasteiger partial charge < -0.3 is 9.64 Å². The summed E-state index contributed by atoms with van der Waals surface area (Å²) in [4.78, 5) is 25.3. The molecule has 0 bridgehead atoms. The highest BCUT2D eigenvalue weighted by atomic mass is 79.9. The Labute approximate surface area is 125 Å². The first-order valence-corrected chi connectivity index (χ1v) is 7.13. The number of hydrogen-bond acceptors (Lipinski definition) is 3. The third-order valence-electron chi connectivity index (χ3n) is 3.43. The number of carbonyl (C=O) groups excluding carboxylic acids is 2. The van der Waals surface area contributed by atoms with Gasteiger partial charge in [-0.05, 0) is 31.0 Å². The Bertz CT molecular complexity index is 507. The van der Waals surface area contributed by atoms with Crippen LogP contribution in [0, 0.1) is 11.7 Å². The smallest absolute Gasteiger partial charge is 0.308 e. The van der Waals surface area contributed by atoms with Gasteiger partial charge in [0.1, 0.15) is 5.82 Å². The van der Waals surface area contributed by atoms with Crippen LogP contribution in [0.3, 0.4) is 0 Å². The summed E-state index contributed by atoms with van der Waals surface area (Å²) in [6, 6.07) is 4.12. The zero-order valence-corrected chi connectivity index (χ0v) is 12.7. The number of halogens is 2. The number of amides is 1. The highest BCUT2D eigenvalue weighted by Gasteiger charge is 2.28. The average molecular weight is 344 g/mol. The molecule has 1 amide bonds. The van der Waals surface area contributed by atoms with Crippen LogP contribution < -0.4 is 0 Å². The van der Waals surface area contributed by atoms with E-state index in [-0.39, 0.29) is 17.8 Å². The number of nitrogens with zero attached hydrogens (tertiary/aromatic N) is 1. The van der Waals surface area contributed by atoms with Crippen molar-refractivity contribution in [3.63, 3.8) is 0 Å². The van der Waals surface area contributed by atoms with Crippen LogP contribution in [-0.4, -0.2) is 37.0 Å². The molecule has 0 radical (unpaired) electrons. The molecule has 20 heavy (non-hydrogen) atoms. The zero-order valence-electron chi connectivity index (χ0n) is 11.1. The predicted molar refractivity (Wildman–Crippen MR) is 74.7 cm³/mol. The van der Waals surface area contributed by atoms with E-state index in [0.717, 1.165) is 0 Å². The van der Waals surface area contributed by atoms with E-state index >= 15 is 0 Å². The summed E-state index contributed by atoms with van der Waals surface area (Å²) in [6.45, 7) is 0.958. The van der Waals surface area contributed by atoms with Crippen molar-refractivity contribution in [1.29, 1.82) is 0 Å². The average Bonchev–Trinajstić information content (AvgIpc) is 2.45. The molecule has 6 heteroatoms. The first kappa shape index (κ1) is 15.0. The second kappa shape index (κ2) is 6.35. The topological polar surface area (TPSA) is 46.6 Å². The van der Waals surface area contributed by atoms with Crippen LogP contribution >= 0.6 is 15.9 Å². The Morgan fingerprint density at radius 3 is 2.50 bits per heavy atom. The molecule has 4 nitrogen and oxygen atoms in total. The van der Waals surface area contributed by atoms with Crippen molar-refractivity contribution in [2.75, 3.05) is 20.2 Å². The van der Waals surface area contributed by atoms with Crippen molar-refractivity contribution in [2.24, 2.45) is 5.92 Å². The van der Waals surface area contributed by atoms with Crippen LogP contribution in [0.25, 0.3) is 0 Å². The zero-order chi connectivity index (χ0) is 14.7. The number of methoxy groups -OCH3 is 1. The van der Waals surface area contributed by atoms with E-state index in [2.05, 4.69) is 15.9 Å². The predicted octanol–water partition coefficient (Wildman–Crippen LogP) is 2.61. The molecule has 2 rings (SSSR count). The fourth-order valence-electron chi connectivity index (χ4n) is 2.34. The third-order valence-corrected chi connectivity index (χ3v) is 3.88. The number of ether oxygens (including phenoxy) is 1. The first-order chi connectivity index (χ1) is 9.51. The highest BCUT2D eigenvalue weighted by molar-refractivity contribution is 9.10. The van der Waals surface area contributed by atoms with Crippen LogP contribution in [0.2, 0.25) is 0 Å². The Balaban J connectivity index is 2.03. The molecule has 0 aliphatic carbocycles. The lowest BCUT2D eigenvalue weighted by molar-refractivity contribution is -0.146. The largest absolute Gasteiger partial charge is 0.469 e. The summed E-state index contributed by atoms with van der Waals surface area (Å²) in [6.07, 6.45) is 1.16. The molecule has 0 aromatic heterocycles. The summed E-state index contributed by atoms with van der Waals surface area (Å²) < 4.78 is 18.5. The van der Waals surface area contributed by atoms with Gasteiger partial charge in [-0.3, -0.25) is 9.59 Å². The van der Waals surface area contributed by atoms with Crippen LogP contribution in [0.5, 0.6) is 0 Å². The van der Waals surface area contributed by atoms with Gasteiger partial charge in [0.2, 0.25) is 0 Å². The Hall–Kier alpha value is -1.43. The molecule has 0 unspecified atom stereocenters. The molecule has 0 saturated carbocycles. The molecular weight excluding hydrogens is 329 g/mol. The van der Waals surface area contributed by atoms with Crippen molar-refractivity contribution in [3.8, 4) is 0 Å². The molecule has 1 heterocycles. The molecule has 0 atom stereocenters. The van der Waals surface area contributed by atoms with Crippen molar-refractivity contribution in [1.82, 2.24) is 4.90 Å². The maximum absolute atomic E-state index is 13.3. The molecule has 1 aromatic carbocycles. The highest BCUT2D eigenvalue weighted by Crippen LogP contribution is 2.22. The number of rotatable bonds is 2. The summed E-state index contributed by atoms with van der Waals surface area (Å²) in [5, 5.41) is 0. The van der Waals surface area contributed by atoms with Gasteiger partial charge in [-0.1, -0.05) is 15.9 Å². The molecule has 1 aromatic rings. The lowest BCUT2D eigenvalue weighted by atomic mass is 9.96. The fourth-order valence-corrected chi connectivity index (χ4v) is 2.81. The second-order valence-corrected chi connectivity index (χ2v) is 5.66. The molecule has 1 aliphatic heterocycles. The Morgan fingerprint density at radius 2 is 1.95 bits per heavy atom. The minimum Gasteiger partial charge on any atom is -0.469 e. The van der Waals surface area contributed by atoms with Gasteiger partial charge >= 0.3 is 5.97 Å². The molecule has 0 N–H and O–H groups in total. The second-order valence-electron chi connectivity index (χ2n) is 4.75. The van der Waals surface area contributed by atoms with E-state index in [1.807, 2.05) is 0 Å². The molecule has 108 valence electrons. The fraction of sp³-hybridized carbons (Fsp3) is 0.429. The van der Waals surface area contributed by atoms with E-state index in [4.69, 9.17) is 4.74 Å². The number of likely N-dealkylation sites (tertiary alicyclic amines) is 1. The Kier molecular flexibility index (Phi) is 4.75. The maximum atomic E-state index is 13.3. The summed E-state index contributed by atoms with van der Waals surface area (Å²) in [7, 11) is 1.37. The number of esters is 1.